The van der Waals surface area contributed by atoms with Gasteiger partial charge >= 0.3 is 5.69 Å². The van der Waals surface area contributed by atoms with Crippen LogP contribution in [-0.2, 0) is 17.9 Å². The molecule has 3 aromatic rings. The van der Waals surface area contributed by atoms with E-state index < -0.39 is 11.2 Å². The molecule has 0 N–H and O–H groups in total. The molecule has 154 valence electrons. The van der Waals surface area contributed by atoms with Crippen molar-refractivity contribution in [1.82, 2.24) is 14.1 Å². The van der Waals surface area contributed by atoms with Crippen LogP contribution in [0.5, 0.6) is 0 Å². The third-order valence-corrected chi connectivity index (χ3v) is 5.69. The van der Waals surface area contributed by atoms with Crippen molar-refractivity contribution in [3.05, 3.63) is 73.0 Å². The van der Waals surface area contributed by atoms with Crippen molar-refractivity contribution in [2.24, 2.45) is 0 Å². The Bertz CT molecular complexity index is 1280. The third kappa shape index (κ3) is 3.95. The number of amides is 1. The van der Waals surface area contributed by atoms with E-state index in [4.69, 9.17) is 0 Å². The molecule has 0 unspecified atom stereocenters. The molecule has 1 amide bonds. The maximum absolute atomic E-state index is 12.6. The van der Waals surface area contributed by atoms with E-state index in [0.29, 0.717) is 23.1 Å². The highest BCUT2D eigenvalue weighted by Crippen LogP contribution is 2.30. The Morgan fingerprint density at radius 1 is 1.27 bits per heavy atom. The quantitative estimate of drug-likeness (QED) is 0.628. The summed E-state index contributed by atoms with van der Waals surface area (Å²) >= 11 is 1.25. The molecule has 3 rings (SSSR count). The minimum Gasteiger partial charge on any atom is -0.299 e. The summed E-state index contributed by atoms with van der Waals surface area (Å²) in [6, 6.07) is 7.54. The van der Waals surface area contributed by atoms with Crippen molar-refractivity contribution in [1.29, 1.82) is 5.26 Å². The average Bonchev–Trinajstić information content (AvgIpc) is 3.16. The molecule has 9 heteroatoms. The minimum atomic E-state index is -0.653. The number of nitriles is 1. The number of benzene rings is 1. The molecule has 30 heavy (non-hydrogen) atoms. The molecule has 1 aromatic carbocycles. The van der Waals surface area contributed by atoms with Crippen molar-refractivity contribution >= 4 is 28.1 Å². The second-order valence-corrected chi connectivity index (χ2v) is 7.70. The Morgan fingerprint density at radius 3 is 2.60 bits per heavy atom. The minimum absolute atomic E-state index is 0.0810. The topological polar surface area (TPSA) is 101 Å². The lowest BCUT2D eigenvalue weighted by molar-refractivity contribution is -0.115. The van der Waals surface area contributed by atoms with E-state index in [1.807, 2.05) is 38.1 Å². The van der Waals surface area contributed by atoms with Crippen molar-refractivity contribution in [3.8, 4) is 6.07 Å². The molecule has 0 spiro atoms. The van der Waals surface area contributed by atoms with Crippen LogP contribution in [0.25, 0.3) is 0 Å². The van der Waals surface area contributed by atoms with E-state index in [1.54, 1.807) is 12.3 Å². The van der Waals surface area contributed by atoms with E-state index in [2.05, 4.69) is 4.98 Å². The Kier molecular flexibility index (Phi) is 5.99. The largest absolute Gasteiger partial charge is 0.331 e. The van der Waals surface area contributed by atoms with Gasteiger partial charge in [-0.15, -0.1) is 11.3 Å². The smallest absolute Gasteiger partial charge is 0.299 e. The molecule has 0 saturated carbocycles. The SMILES string of the molecule is CCn1cc(C#N)c(=O)n(Cc2csc(N(C(C)=O)c3ccc(C)c(C)c3)n2)c1=O. The Hall–Kier alpha value is -3.51. The highest BCUT2D eigenvalue weighted by Gasteiger charge is 2.19. The van der Waals surface area contributed by atoms with Gasteiger partial charge in [-0.3, -0.25) is 23.6 Å². The summed E-state index contributed by atoms with van der Waals surface area (Å²) in [5.74, 6) is -0.198. The van der Waals surface area contributed by atoms with Crippen molar-refractivity contribution < 1.29 is 4.79 Å². The molecule has 0 aliphatic rings. The van der Waals surface area contributed by atoms with Crippen LogP contribution in [0.1, 0.15) is 36.2 Å². The molecule has 8 nitrogen and oxygen atoms in total. The van der Waals surface area contributed by atoms with Crippen LogP contribution in [0.3, 0.4) is 0 Å². The van der Waals surface area contributed by atoms with E-state index in [9.17, 15) is 19.6 Å². The normalized spacial score (nSPS) is 10.6. The van der Waals surface area contributed by atoms with Gasteiger partial charge in [0.2, 0.25) is 5.91 Å². The second-order valence-electron chi connectivity index (χ2n) is 6.86. The van der Waals surface area contributed by atoms with Crippen LogP contribution in [0.15, 0.2) is 39.4 Å². The molecule has 0 bridgehead atoms. The van der Waals surface area contributed by atoms with Gasteiger partial charge in [-0.1, -0.05) is 6.07 Å². The number of thiazole rings is 1. The first-order chi connectivity index (χ1) is 14.3. The van der Waals surface area contributed by atoms with Gasteiger partial charge in [0.15, 0.2) is 5.13 Å². The highest BCUT2D eigenvalue weighted by molar-refractivity contribution is 7.14. The zero-order valence-electron chi connectivity index (χ0n) is 17.2. The first kappa shape index (κ1) is 21.2. The standard InChI is InChI=1S/C21H21N5O3S/c1-5-24-10-16(9-22)19(28)25(21(24)29)11-17-12-30-20(23-17)26(15(4)27)18-7-6-13(2)14(3)8-18/h6-8,10,12H,5,11H2,1-4H3. The fourth-order valence-corrected chi connectivity index (χ4v) is 3.90. The summed E-state index contributed by atoms with van der Waals surface area (Å²) in [4.78, 5) is 43.3. The molecule has 0 atom stereocenters. The van der Waals surface area contributed by atoms with E-state index in [-0.39, 0.29) is 18.0 Å². The van der Waals surface area contributed by atoms with Crippen LogP contribution in [-0.4, -0.2) is 20.0 Å². The fourth-order valence-electron chi connectivity index (χ4n) is 3.02. The van der Waals surface area contributed by atoms with Crippen molar-refractivity contribution in [2.45, 2.75) is 40.8 Å². The molecule has 0 aliphatic heterocycles. The first-order valence-corrected chi connectivity index (χ1v) is 10.2. The number of hydrogen-bond donors (Lipinski definition) is 0. The fraction of sp³-hybridized carbons (Fsp3) is 0.286. The van der Waals surface area contributed by atoms with E-state index in [0.717, 1.165) is 15.7 Å². The van der Waals surface area contributed by atoms with Crippen LogP contribution >= 0.6 is 11.3 Å². The number of carbonyl (C=O) groups excluding carboxylic acids is 1. The molecule has 0 saturated heterocycles. The summed E-state index contributed by atoms with van der Waals surface area (Å²) < 4.78 is 2.30. The van der Waals surface area contributed by atoms with Crippen LogP contribution in [0, 0.1) is 25.2 Å². The number of aromatic nitrogens is 3. The van der Waals surface area contributed by atoms with Gasteiger partial charge in [-0.2, -0.15) is 5.26 Å². The van der Waals surface area contributed by atoms with Crippen molar-refractivity contribution in [3.63, 3.8) is 0 Å². The second kappa shape index (κ2) is 8.47. The predicted molar refractivity (Wildman–Crippen MR) is 115 cm³/mol. The molecule has 0 radical (unpaired) electrons. The number of anilines is 2. The van der Waals surface area contributed by atoms with Gasteiger partial charge in [0.05, 0.1) is 17.9 Å². The van der Waals surface area contributed by atoms with Gasteiger partial charge in [-0.25, -0.2) is 9.78 Å². The summed E-state index contributed by atoms with van der Waals surface area (Å²) in [6.45, 7) is 7.43. The summed E-state index contributed by atoms with van der Waals surface area (Å²) in [7, 11) is 0. The average molecular weight is 423 g/mol. The zero-order chi connectivity index (χ0) is 22.0. The molecule has 0 aliphatic carbocycles. The number of aryl methyl sites for hydroxylation is 3. The zero-order valence-corrected chi connectivity index (χ0v) is 18.0. The summed E-state index contributed by atoms with van der Waals surface area (Å²) in [5.41, 5.74) is 2.06. The summed E-state index contributed by atoms with van der Waals surface area (Å²) in [5, 5.41) is 11.3. The van der Waals surface area contributed by atoms with Gasteiger partial charge in [0.25, 0.3) is 5.56 Å². The van der Waals surface area contributed by atoms with E-state index in [1.165, 1.54) is 33.9 Å². The van der Waals surface area contributed by atoms with Crippen molar-refractivity contribution in [2.75, 3.05) is 4.90 Å². The number of nitrogens with zero attached hydrogens (tertiary/aromatic N) is 5. The number of hydrogen-bond acceptors (Lipinski definition) is 6. The van der Waals surface area contributed by atoms with Crippen LogP contribution in [0.2, 0.25) is 0 Å². The Labute approximate surface area is 177 Å². The van der Waals surface area contributed by atoms with Crippen LogP contribution in [0.4, 0.5) is 10.8 Å². The van der Waals surface area contributed by atoms with Crippen LogP contribution < -0.4 is 16.1 Å². The van der Waals surface area contributed by atoms with Gasteiger partial charge in [0.1, 0.15) is 11.6 Å². The van der Waals surface area contributed by atoms with Gasteiger partial charge in [0, 0.05) is 25.0 Å². The molecular formula is C21H21N5O3S. The maximum Gasteiger partial charge on any atom is 0.331 e. The molecule has 2 aromatic heterocycles. The first-order valence-electron chi connectivity index (χ1n) is 9.33. The van der Waals surface area contributed by atoms with Gasteiger partial charge < -0.3 is 0 Å². The Morgan fingerprint density at radius 2 is 2.00 bits per heavy atom. The number of carbonyl (C=O) groups is 1. The summed E-state index contributed by atoms with van der Waals surface area (Å²) in [6.07, 6.45) is 1.27. The number of rotatable bonds is 5. The lowest BCUT2D eigenvalue weighted by Gasteiger charge is -2.19. The maximum atomic E-state index is 12.6. The molecule has 0 fully saturated rings. The van der Waals surface area contributed by atoms with Gasteiger partial charge in [-0.05, 0) is 44.0 Å². The predicted octanol–water partition coefficient (Wildman–Crippen LogP) is 2.71. The van der Waals surface area contributed by atoms with E-state index >= 15 is 0 Å². The third-order valence-electron chi connectivity index (χ3n) is 4.81. The molecule has 2 heterocycles. The highest BCUT2D eigenvalue weighted by atomic mass is 32.1. The lowest BCUT2D eigenvalue weighted by atomic mass is 10.1. The Balaban J connectivity index is 2.01. The monoisotopic (exact) mass is 423 g/mol. The lowest BCUT2D eigenvalue weighted by Crippen LogP contribution is -2.41. The molecular weight excluding hydrogens is 402 g/mol.